The van der Waals surface area contributed by atoms with Gasteiger partial charge in [0.05, 0.1) is 23.5 Å². The van der Waals surface area contributed by atoms with Gasteiger partial charge >= 0.3 is 6.18 Å². The average Bonchev–Trinajstić information content (AvgIpc) is 2.88. The summed E-state index contributed by atoms with van der Waals surface area (Å²) >= 11 is 0. The first kappa shape index (κ1) is 17.3. The lowest BCUT2D eigenvalue weighted by Gasteiger charge is -2.10. The zero-order valence-corrected chi connectivity index (χ0v) is 12.6. The zero-order valence-electron chi connectivity index (χ0n) is 12.6. The fourth-order valence-electron chi connectivity index (χ4n) is 2.08. The summed E-state index contributed by atoms with van der Waals surface area (Å²) in [7, 11) is 1.67. The van der Waals surface area contributed by atoms with Crippen molar-refractivity contribution in [2.24, 2.45) is 12.1 Å². The highest BCUT2D eigenvalue weighted by atomic mass is 19.4. The fraction of sp³-hybridized carbons (Fsp3) is 0.188. The third kappa shape index (κ3) is 4.01. The number of nitrogens with zero attached hydrogens (tertiary/aromatic N) is 3. The van der Waals surface area contributed by atoms with Crippen LogP contribution in [0.5, 0.6) is 0 Å². The Morgan fingerprint density at radius 1 is 1.38 bits per heavy atom. The fourth-order valence-corrected chi connectivity index (χ4v) is 2.08. The van der Waals surface area contributed by atoms with Crippen molar-refractivity contribution in [3.05, 3.63) is 47.7 Å². The maximum absolute atomic E-state index is 12.8. The number of carbonyl (C=O) groups is 1. The van der Waals surface area contributed by atoms with Crippen LogP contribution in [0.4, 0.5) is 13.2 Å². The first-order valence-corrected chi connectivity index (χ1v) is 6.85. The van der Waals surface area contributed by atoms with Gasteiger partial charge in [-0.2, -0.15) is 23.5 Å². The number of rotatable bonds is 4. The summed E-state index contributed by atoms with van der Waals surface area (Å²) in [6.07, 6.45) is -3.36. The molecular formula is C16H13F3N4O. The normalized spacial score (nSPS) is 11.5. The van der Waals surface area contributed by atoms with E-state index in [1.807, 2.05) is 0 Å². The summed E-state index contributed by atoms with van der Waals surface area (Å²) in [5.74, 6) is -0.541. The van der Waals surface area contributed by atoms with Gasteiger partial charge < -0.3 is 4.57 Å². The van der Waals surface area contributed by atoms with Crippen LogP contribution in [0.1, 0.15) is 17.7 Å². The van der Waals surface area contributed by atoms with Crippen molar-refractivity contribution in [3.63, 3.8) is 0 Å². The van der Waals surface area contributed by atoms with Crippen molar-refractivity contribution >= 4 is 12.1 Å². The number of aromatic nitrogens is 1. The lowest BCUT2D eigenvalue weighted by Crippen LogP contribution is -2.16. The highest BCUT2D eigenvalue weighted by Gasteiger charge is 2.30. The average molecular weight is 334 g/mol. The first-order chi connectivity index (χ1) is 11.3. The van der Waals surface area contributed by atoms with Gasteiger partial charge in [0.2, 0.25) is 0 Å². The van der Waals surface area contributed by atoms with E-state index in [0.29, 0.717) is 17.0 Å². The Morgan fingerprint density at radius 2 is 2.12 bits per heavy atom. The molecule has 0 spiro atoms. The summed E-state index contributed by atoms with van der Waals surface area (Å²) in [5, 5.41) is 12.1. The quantitative estimate of drug-likeness (QED) is 0.689. The van der Waals surface area contributed by atoms with Crippen molar-refractivity contribution in [1.29, 1.82) is 5.26 Å². The van der Waals surface area contributed by atoms with Crippen LogP contribution in [-0.2, 0) is 18.0 Å². The lowest BCUT2D eigenvalue weighted by atomic mass is 10.1. The molecule has 24 heavy (non-hydrogen) atoms. The van der Waals surface area contributed by atoms with E-state index in [2.05, 4.69) is 10.5 Å². The maximum Gasteiger partial charge on any atom is 0.416 e. The lowest BCUT2D eigenvalue weighted by molar-refractivity contribution is -0.137. The summed E-state index contributed by atoms with van der Waals surface area (Å²) in [5.41, 5.74) is 3.04. The number of carbonyl (C=O) groups excluding carboxylic acids is 1. The standard InChI is InChI=1S/C16H13F3N4O/c1-23-13(10-21-22-15(24)7-8-20)5-6-14(23)11-3-2-4-12(9-11)16(17,18)19/h2-6,9-10H,7H2,1H3,(H,22,24)/b21-10+. The molecule has 0 bridgehead atoms. The highest BCUT2D eigenvalue weighted by molar-refractivity contribution is 5.83. The molecule has 0 aliphatic rings. The van der Waals surface area contributed by atoms with Crippen LogP contribution in [0.25, 0.3) is 11.3 Å². The molecule has 2 aromatic rings. The largest absolute Gasteiger partial charge is 0.416 e. The number of benzene rings is 1. The number of halogens is 3. The Hall–Kier alpha value is -3.08. The molecule has 1 heterocycles. The number of hydrogen-bond acceptors (Lipinski definition) is 3. The van der Waals surface area contributed by atoms with Gasteiger partial charge in [-0.15, -0.1) is 0 Å². The molecule has 0 saturated carbocycles. The van der Waals surface area contributed by atoms with Gasteiger partial charge in [-0.1, -0.05) is 12.1 Å². The number of hydrazone groups is 1. The molecule has 0 radical (unpaired) electrons. The minimum Gasteiger partial charge on any atom is -0.343 e. The molecule has 1 aromatic carbocycles. The minimum atomic E-state index is -4.41. The number of alkyl halides is 3. The summed E-state index contributed by atoms with van der Waals surface area (Å²) in [6.45, 7) is 0. The van der Waals surface area contributed by atoms with E-state index >= 15 is 0 Å². The van der Waals surface area contributed by atoms with Crippen LogP contribution in [0.2, 0.25) is 0 Å². The van der Waals surface area contributed by atoms with Crippen LogP contribution in [-0.4, -0.2) is 16.7 Å². The summed E-state index contributed by atoms with van der Waals surface area (Å²) in [6, 6.07) is 10.0. The molecule has 8 heteroatoms. The molecule has 0 unspecified atom stereocenters. The van der Waals surface area contributed by atoms with Gasteiger partial charge in [-0.05, 0) is 29.8 Å². The van der Waals surface area contributed by atoms with Crippen LogP contribution in [0, 0.1) is 11.3 Å². The van der Waals surface area contributed by atoms with E-state index in [-0.39, 0.29) is 6.42 Å². The molecule has 0 saturated heterocycles. The second-order valence-electron chi connectivity index (χ2n) is 4.91. The number of nitriles is 1. The van der Waals surface area contributed by atoms with Gasteiger partial charge in [-0.25, -0.2) is 5.43 Å². The molecule has 0 aliphatic carbocycles. The molecule has 2 rings (SSSR count). The number of nitrogens with one attached hydrogen (secondary N) is 1. The van der Waals surface area contributed by atoms with Crippen molar-refractivity contribution in [3.8, 4) is 17.3 Å². The Bertz CT molecular complexity index is 815. The monoisotopic (exact) mass is 334 g/mol. The molecule has 1 amide bonds. The molecule has 0 fully saturated rings. The molecule has 124 valence electrons. The second-order valence-corrected chi connectivity index (χ2v) is 4.91. The molecule has 1 N–H and O–H groups in total. The summed E-state index contributed by atoms with van der Waals surface area (Å²) < 4.78 is 40.1. The van der Waals surface area contributed by atoms with Crippen LogP contribution < -0.4 is 5.43 Å². The van der Waals surface area contributed by atoms with Gasteiger partial charge in [0.25, 0.3) is 5.91 Å². The summed E-state index contributed by atoms with van der Waals surface area (Å²) in [4.78, 5) is 11.1. The van der Waals surface area contributed by atoms with Crippen LogP contribution in [0.15, 0.2) is 41.5 Å². The number of hydrogen-bond donors (Lipinski definition) is 1. The van der Waals surface area contributed by atoms with Gasteiger partial charge in [0.15, 0.2) is 0 Å². The number of amides is 1. The predicted molar refractivity (Wildman–Crippen MR) is 81.8 cm³/mol. The third-order valence-corrected chi connectivity index (χ3v) is 3.27. The Labute approximate surface area is 136 Å². The van der Waals surface area contributed by atoms with E-state index in [9.17, 15) is 18.0 Å². The van der Waals surface area contributed by atoms with E-state index in [0.717, 1.165) is 12.1 Å². The topological polar surface area (TPSA) is 70.2 Å². The van der Waals surface area contributed by atoms with Crippen molar-refractivity contribution in [2.45, 2.75) is 12.6 Å². The molecule has 0 atom stereocenters. The van der Waals surface area contributed by atoms with Crippen LogP contribution >= 0.6 is 0 Å². The van der Waals surface area contributed by atoms with E-state index in [4.69, 9.17) is 5.26 Å². The van der Waals surface area contributed by atoms with Gasteiger partial charge in [0.1, 0.15) is 6.42 Å². The molecule has 5 nitrogen and oxygen atoms in total. The Balaban J connectivity index is 2.23. The smallest absolute Gasteiger partial charge is 0.343 e. The van der Waals surface area contributed by atoms with Crippen LogP contribution in [0.3, 0.4) is 0 Å². The van der Waals surface area contributed by atoms with Crippen molar-refractivity contribution in [2.75, 3.05) is 0 Å². The third-order valence-electron chi connectivity index (χ3n) is 3.27. The minimum absolute atomic E-state index is 0.306. The highest BCUT2D eigenvalue weighted by Crippen LogP contribution is 2.32. The zero-order chi connectivity index (χ0) is 17.7. The SMILES string of the molecule is Cn1c(/C=N/NC(=O)CC#N)ccc1-c1cccc(C(F)(F)F)c1. The Kier molecular flexibility index (Phi) is 5.04. The van der Waals surface area contributed by atoms with E-state index in [1.165, 1.54) is 12.3 Å². The predicted octanol–water partition coefficient (Wildman–Crippen LogP) is 3.07. The Morgan fingerprint density at radius 3 is 2.79 bits per heavy atom. The molecular weight excluding hydrogens is 321 g/mol. The maximum atomic E-state index is 12.8. The van der Waals surface area contributed by atoms with Crippen molar-refractivity contribution in [1.82, 2.24) is 9.99 Å². The first-order valence-electron chi connectivity index (χ1n) is 6.85. The molecule has 1 aromatic heterocycles. The molecule has 0 aliphatic heterocycles. The van der Waals surface area contributed by atoms with Gasteiger partial charge in [0, 0.05) is 12.7 Å². The second kappa shape index (κ2) is 7.00. The van der Waals surface area contributed by atoms with E-state index in [1.54, 1.807) is 35.9 Å². The van der Waals surface area contributed by atoms with Crippen molar-refractivity contribution < 1.29 is 18.0 Å². The van der Waals surface area contributed by atoms with E-state index < -0.39 is 17.6 Å². The van der Waals surface area contributed by atoms with Gasteiger partial charge in [-0.3, -0.25) is 4.79 Å².